The Hall–Kier alpha value is -2.62. The van der Waals surface area contributed by atoms with Gasteiger partial charge in [0.2, 0.25) is 0 Å². The van der Waals surface area contributed by atoms with E-state index in [1.165, 1.54) is 5.56 Å². The maximum absolute atomic E-state index is 5.87. The summed E-state index contributed by atoms with van der Waals surface area (Å²) in [6, 6.07) is 18.4. The van der Waals surface area contributed by atoms with E-state index in [0.717, 1.165) is 23.7 Å². The van der Waals surface area contributed by atoms with Gasteiger partial charge in [-0.2, -0.15) is 0 Å². The third kappa shape index (κ3) is 2.18. The van der Waals surface area contributed by atoms with E-state index in [2.05, 4.69) is 28.4 Å². The molecule has 0 fully saturated rings. The Morgan fingerprint density at radius 2 is 1.81 bits per heavy atom. The third-order valence-corrected chi connectivity index (χ3v) is 3.85. The van der Waals surface area contributed by atoms with Crippen LogP contribution < -0.4 is 4.74 Å². The van der Waals surface area contributed by atoms with Gasteiger partial charge in [-0.25, -0.2) is 0 Å². The van der Waals surface area contributed by atoms with Crippen molar-refractivity contribution >= 4 is 0 Å². The molecule has 104 valence electrons. The van der Waals surface area contributed by atoms with E-state index in [9.17, 15) is 0 Å². The molecule has 0 saturated carbocycles. The zero-order valence-corrected chi connectivity index (χ0v) is 11.5. The Labute approximate surface area is 123 Å². The van der Waals surface area contributed by atoms with Crippen molar-refractivity contribution in [1.29, 1.82) is 0 Å². The van der Waals surface area contributed by atoms with Crippen LogP contribution in [0.3, 0.4) is 0 Å². The smallest absolute Gasteiger partial charge is 0.144 e. The number of fused-ring (bicyclic) bond motifs is 1. The highest BCUT2D eigenvalue weighted by molar-refractivity contribution is 5.38. The summed E-state index contributed by atoms with van der Waals surface area (Å²) in [4.78, 5) is 0. The van der Waals surface area contributed by atoms with Gasteiger partial charge in [-0.15, -0.1) is 10.2 Å². The molecule has 0 amide bonds. The van der Waals surface area contributed by atoms with Crippen molar-refractivity contribution in [1.82, 2.24) is 14.8 Å². The van der Waals surface area contributed by atoms with Crippen molar-refractivity contribution in [2.45, 2.75) is 12.3 Å². The maximum Gasteiger partial charge on any atom is 0.144 e. The van der Waals surface area contributed by atoms with Crippen LogP contribution in [0.25, 0.3) is 5.69 Å². The quantitative estimate of drug-likeness (QED) is 0.723. The van der Waals surface area contributed by atoms with Gasteiger partial charge in [0.25, 0.3) is 0 Å². The van der Waals surface area contributed by atoms with Crippen LogP contribution in [0.5, 0.6) is 5.75 Å². The van der Waals surface area contributed by atoms with Gasteiger partial charge in [0.15, 0.2) is 0 Å². The van der Waals surface area contributed by atoms with Gasteiger partial charge in [0.1, 0.15) is 17.9 Å². The van der Waals surface area contributed by atoms with Crippen molar-refractivity contribution in [3.63, 3.8) is 0 Å². The monoisotopic (exact) mass is 277 g/mol. The highest BCUT2D eigenvalue weighted by Crippen LogP contribution is 2.31. The zero-order valence-electron chi connectivity index (χ0n) is 11.5. The van der Waals surface area contributed by atoms with Crippen LogP contribution in [0.2, 0.25) is 0 Å². The first-order chi connectivity index (χ1) is 10.4. The number of benzene rings is 2. The van der Waals surface area contributed by atoms with E-state index in [1.807, 2.05) is 41.0 Å². The second-order valence-corrected chi connectivity index (χ2v) is 5.21. The maximum atomic E-state index is 5.87. The summed E-state index contributed by atoms with van der Waals surface area (Å²) in [7, 11) is 0. The molecule has 2 aromatic carbocycles. The Morgan fingerprint density at radius 1 is 1.00 bits per heavy atom. The number of aromatic nitrogens is 3. The number of nitrogens with zero attached hydrogens (tertiary/aromatic N) is 3. The topological polar surface area (TPSA) is 39.9 Å². The predicted molar refractivity (Wildman–Crippen MR) is 79.7 cm³/mol. The molecule has 0 bridgehead atoms. The van der Waals surface area contributed by atoms with Gasteiger partial charge in [-0.05, 0) is 30.2 Å². The van der Waals surface area contributed by atoms with Crippen LogP contribution in [0.1, 0.15) is 17.3 Å². The van der Waals surface area contributed by atoms with E-state index in [1.54, 1.807) is 6.33 Å². The lowest BCUT2D eigenvalue weighted by atomic mass is 9.96. The molecule has 1 aliphatic heterocycles. The van der Waals surface area contributed by atoms with E-state index < -0.39 is 0 Å². The number of rotatable bonds is 2. The zero-order chi connectivity index (χ0) is 14.1. The number of hydrogen-bond donors (Lipinski definition) is 0. The molecular formula is C17H15N3O. The molecule has 0 saturated heterocycles. The molecule has 4 heteroatoms. The van der Waals surface area contributed by atoms with Crippen molar-refractivity contribution < 1.29 is 4.74 Å². The Kier molecular flexibility index (Phi) is 2.92. The fourth-order valence-electron chi connectivity index (χ4n) is 2.80. The van der Waals surface area contributed by atoms with Gasteiger partial charge < -0.3 is 4.74 Å². The first-order valence-electron chi connectivity index (χ1n) is 7.08. The van der Waals surface area contributed by atoms with Crippen molar-refractivity contribution in [2.24, 2.45) is 0 Å². The molecule has 0 N–H and O–H groups in total. The number of para-hydroxylation sites is 2. The van der Waals surface area contributed by atoms with Gasteiger partial charge in [-0.1, -0.05) is 36.4 Å². The SMILES string of the molecule is c1ccc(-n2cnnc2C2COc3ccccc3C2)cc1. The predicted octanol–water partition coefficient (Wildman–Crippen LogP) is 2.99. The molecule has 4 nitrogen and oxygen atoms in total. The average Bonchev–Trinajstić information content (AvgIpc) is 3.05. The van der Waals surface area contributed by atoms with Crippen LogP contribution in [0, 0.1) is 0 Å². The largest absolute Gasteiger partial charge is 0.493 e. The van der Waals surface area contributed by atoms with Crippen LogP contribution in [-0.4, -0.2) is 21.4 Å². The average molecular weight is 277 g/mol. The fraction of sp³-hybridized carbons (Fsp3) is 0.176. The molecule has 1 unspecified atom stereocenters. The van der Waals surface area contributed by atoms with Gasteiger partial charge in [0.05, 0.1) is 12.5 Å². The minimum atomic E-state index is 0.225. The summed E-state index contributed by atoms with van der Waals surface area (Å²) in [6.07, 6.45) is 2.70. The van der Waals surface area contributed by atoms with Crippen molar-refractivity contribution in [3.8, 4) is 11.4 Å². The van der Waals surface area contributed by atoms with Crippen molar-refractivity contribution in [3.05, 3.63) is 72.3 Å². The summed E-state index contributed by atoms with van der Waals surface area (Å²) in [5.41, 5.74) is 2.31. The Balaban J connectivity index is 1.69. The molecule has 0 radical (unpaired) electrons. The second-order valence-electron chi connectivity index (χ2n) is 5.21. The van der Waals surface area contributed by atoms with Crippen LogP contribution in [-0.2, 0) is 6.42 Å². The number of hydrogen-bond acceptors (Lipinski definition) is 3. The number of ether oxygens (including phenoxy) is 1. The van der Waals surface area contributed by atoms with E-state index in [0.29, 0.717) is 6.61 Å². The molecule has 0 spiro atoms. The highest BCUT2D eigenvalue weighted by atomic mass is 16.5. The van der Waals surface area contributed by atoms with Gasteiger partial charge in [-0.3, -0.25) is 4.57 Å². The summed E-state index contributed by atoms with van der Waals surface area (Å²) in [5.74, 6) is 2.16. The van der Waals surface area contributed by atoms with Crippen LogP contribution in [0.4, 0.5) is 0 Å². The standard InChI is InChI=1S/C17H15N3O/c1-2-7-15(8-3-1)20-12-18-19-17(20)14-10-13-6-4-5-9-16(13)21-11-14/h1-9,12,14H,10-11H2. The minimum absolute atomic E-state index is 0.225. The van der Waals surface area contributed by atoms with Gasteiger partial charge >= 0.3 is 0 Å². The normalized spacial score (nSPS) is 17.0. The third-order valence-electron chi connectivity index (χ3n) is 3.85. The van der Waals surface area contributed by atoms with E-state index in [-0.39, 0.29) is 5.92 Å². The molecular weight excluding hydrogens is 262 g/mol. The van der Waals surface area contributed by atoms with Gasteiger partial charge in [0, 0.05) is 5.69 Å². The second kappa shape index (κ2) is 5.05. The first-order valence-corrected chi connectivity index (χ1v) is 7.08. The molecule has 1 atom stereocenters. The lowest BCUT2D eigenvalue weighted by Gasteiger charge is -2.24. The molecule has 21 heavy (non-hydrogen) atoms. The summed E-state index contributed by atoms with van der Waals surface area (Å²) < 4.78 is 7.91. The van der Waals surface area contributed by atoms with E-state index in [4.69, 9.17) is 4.74 Å². The molecule has 2 heterocycles. The lowest BCUT2D eigenvalue weighted by molar-refractivity contribution is 0.256. The lowest BCUT2D eigenvalue weighted by Crippen LogP contribution is -2.22. The Morgan fingerprint density at radius 3 is 2.71 bits per heavy atom. The highest BCUT2D eigenvalue weighted by Gasteiger charge is 2.25. The van der Waals surface area contributed by atoms with E-state index >= 15 is 0 Å². The molecule has 1 aliphatic rings. The fourth-order valence-corrected chi connectivity index (χ4v) is 2.80. The molecule has 0 aliphatic carbocycles. The van der Waals surface area contributed by atoms with Crippen LogP contribution in [0.15, 0.2) is 60.9 Å². The minimum Gasteiger partial charge on any atom is -0.493 e. The molecule has 3 aromatic rings. The summed E-state index contributed by atoms with van der Waals surface area (Å²) in [6.45, 7) is 0.641. The first kappa shape index (κ1) is 12.1. The van der Waals surface area contributed by atoms with Crippen LogP contribution >= 0.6 is 0 Å². The van der Waals surface area contributed by atoms with Crippen molar-refractivity contribution in [2.75, 3.05) is 6.61 Å². The summed E-state index contributed by atoms with van der Waals surface area (Å²) >= 11 is 0. The molecule has 1 aromatic heterocycles. The molecule has 4 rings (SSSR count). The summed E-state index contributed by atoms with van der Waals surface area (Å²) in [5, 5.41) is 8.41. The Bertz CT molecular complexity index is 751.